The molecule has 0 unspecified atom stereocenters. The van der Waals surface area contributed by atoms with E-state index in [0.29, 0.717) is 5.56 Å². The second-order valence-electron chi connectivity index (χ2n) is 3.51. The average molecular weight is 260 g/mol. The first-order valence-electron chi connectivity index (χ1n) is 4.87. The Bertz CT molecular complexity index is 347. The largest absolute Gasteiger partial charge is 0.456 e. The van der Waals surface area contributed by atoms with Gasteiger partial charge >= 0.3 is 5.97 Å². The molecule has 0 aromatic heterocycles. The van der Waals surface area contributed by atoms with E-state index in [0.717, 1.165) is 11.5 Å². The maximum atomic E-state index is 11.7. The van der Waals surface area contributed by atoms with Crippen molar-refractivity contribution in [1.82, 2.24) is 0 Å². The molecule has 1 heterocycles. The molecule has 16 heavy (non-hydrogen) atoms. The van der Waals surface area contributed by atoms with Gasteiger partial charge in [0.1, 0.15) is 6.10 Å². The third-order valence-corrected chi connectivity index (χ3v) is 3.52. The van der Waals surface area contributed by atoms with Gasteiger partial charge in [0.2, 0.25) is 0 Å². The van der Waals surface area contributed by atoms with Crippen LogP contribution in [0.2, 0.25) is 0 Å². The summed E-state index contributed by atoms with van der Waals surface area (Å²) in [7, 11) is 0. The van der Waals surface area contributed by atoms with Gasteiger partial charge in [-0.05, 0) is 12.1 Å². The zero-order valence-electron chi connectivity index (χ0n) is 8.67. The Hall–Kier alpha value is -0.710. The van der Waals surface area contributed by atoms with Gasteiger partial charge in [0.15, 0.2) is 0 Å². The van der Waals surface area contributed by atoms with Crippen molar-refractivity contribution in [1.29, 1.82) is 0 Å². The van der Waals surface area contributed by atoms with Crippen LogP contribution in [0.4, 0.5) is 0 Å². The van der Waals surface area contributed by atoms with E-state index in [1.165, 1.54) is 0 Å². The number of ether oxygens (including phenoxy) is 1. The van der Waals surface area contributed by atoms with Crippen LogP contribution in [0, 0.1) is 0 Å². The molecule has 1 aromatic carbocycles. The summed E-state index contributed by atoms with van der Waals surface area (Å²) in [6.07, 6.45) is -0.136. The van der Waals surface area contributed by atoms with Crippen LogP contribution in [0.15, 0.2) is 30.3 Å². The standard InChI is InChI=1S/C11H13NO2S.ClH/c12-9-6-15-7-10(9)14-11(13)8-4-2-1-3-5-8;/h1-5,9-10H,6-7,12H2;1H/t9-,10+;/m1./s1. The van der Waals surface area contributed by atoms with Crippen LogP contribution in [0.3, 0.4) is 0 Å². The minimum atomic E-state index is -0.279. The van der Waals surface area contributed by atoms with E-state index >= 15 is 0 Å². The molecule has 1 saturated heterocycles. The fourth-order valence-electron chi connectivity index (χ4n) is 1.45. The number of esters is 1. The van der Waals surface area contributed by atoms with E-state index in [1.54, 1.807) is 23.9 Å². The maximum Gasteiger partial charge on any atom is 0.338 e. The molecule has 2 N–H and O–H groups in total. The first kappa shape index (κ1) is 13.4. The Kier molecular flexibility index (Phi) is 5.12. The third kappa shape index (κ3) is 3.14. The molecule has 1 aromatic rings. The van der Waals surface area contributed by atoms with Gasteiger partial charge in [-0.3, -0.25) is 0 Å². The Morgan fingerprint density at radius 1 is 1.31 bits per heavy atom. The monoisotopic (exact) mass is 259 g/mol. The summed E-state index contributed by atoms with van der Waals surface area (Å²) < 4.78 is 5.32. The van der Waals surface area contributed by atoms with Gasteiger partial charge in [0.25, 0.3) is 0 Å². The lowest BCUT2D eigenvalue weighted by atomic mass is 10.2. The van der Waals surface area contributed by atoms with Gasteiger partial charge in [0, 0.05) is 11.5 Å². The highest BCUT2D eigenvalue weighted by molar-refractivity contribution is 7.99. The Morgan fingerprint density at radius 3 is 2.56 bits per heavy atom. The van der Waals surface area contributed by atoms with E-state index in [2.05, 4.69) is 0 Å². The zero-order chi connectivity index (χ0) is 10.7. The van der Waals surface area contributed by atoms with Gasteiger partial charge < -0.3 is 10.5 Å². The van der Waals surface area contributed by atoms with Gasteiger partial charge in [0.05, 0.1) is 11.6 Å². The molecule has 2 rings (SSSR count). The summed E-state index contributed by atoms with van der Waals surface area (Å²) in [5.41, 5.74) is 6.39. The van der Waals surface area contributed by atoms with E-state index in [4.69, 9.17) is 10.5 Å². The second-order valence-corrected chi connectivity index (χ2v) is 4.59. The maximum absolute atomic E-state index is 11.7. The molecule has 3 nitrogen and oxygen atoms in total. The molecule has 0 aliphatic carbocycles. The molecule has 1 fully saturated rings. The van der Waals surface area contributed by atoms with Crippen LogP contribution in [-0.2, 0) is 4.74 Å². The van der Waals surface area contributed by atoms with Crippen molar-refractivity contribution in [3.8, 4) is 0 Å². The number of thioether (sulfide) groups is 1. The minimum Gasteiger partial charge on any atom is -0.456 e. The molecule has 88 valence electrons. The molecule has 0 spiro atoms. The van der Waals surface area contributed by atoms with Crippen LogP contribution in [-0.4, -0.2) is 29.6 Å². The summed E-state index contributed by atoms with van der Waals surface area (Å²) in [6, 6.07) is 8.97. The fraction of sp³-hybridized carbons (Fsp3) is 0.364. The molecule has 2 atom stereocenters. The van der Waals surface area contributed by atoms with E-state index in [1.807, 2.05) is 18.2 Å². The number of hydrogen-bond acceptors (Lipinski definition) is 4. The highest BCUT2D eigenvalue weighted by Gasteiger charge is 2.28. The van der Waals surface area contributed by atoms with E-state index in [9.17, 15) is 4.79 Å². The van der Waals surface area contributed by atoms with Gasteiger partial charge in [-0.25, -0.2) is 4.79 Å². The van der Waals surface area contributed by atoms with Crippen LogP contribution in [0.5, 0.6) is 0 Å². The smallest absolute Gasteiger partial charge is 0.338 e. The Morgan fingerprint density at radius 2 is 2.00 bits per heavy atom. The molecule has 0 saturated carbocycles. The lowest BCUT2D eigenvalue weighted by Gasteiger charge is -2.15. The molecular formula is C11H14ClNO2S. The first-order valence-corrected chi connectivity index (χ1v) is 6.02. The van der Waals surface area contributed by atoms with Crippen molar-refractivity contribution in [2.24, 2.45) is 5.73 Å². The third-order valence-electron chi connectivity index (χ3n) is 2.34. The van der Waals surface area contributed by atoms with Crippen molar-refractivity contribution in [3.05, 3.63) is 35.9 Å². The van der Waals surface area contributed by atoms with Gasteiger partial charge in [-0.2, -0.15) is 11.8 Å². The molecule has 1 aliphatic rings. The predicted octanol–water partition coefficient (Wildman–Crippen LogP) is 1.71. The fourth-order valence-corrected chi connectivity index (χ4v) is 2.62. The van der Waals surface area contributed by atoms with Crippen LogP contribution in [0.1, 0.15) is 10.4 Å². The van der Waals surface area contributed by atoms with Crippen molar-refractivity contribution in [2.45, 2.75) is 12.1 Å². The molecular weight excluding hydrogens is 246 g/mol. The zero-order valence-corrected chi connectivity index (χ0v) is 10.3. The Labute approximate surface area is 105 Å². The number of nitrogens with two attached hydrogens (primary N) is 1. The molecule has 0 bridgehead atoms. The summed E-state index contributed by atoms with van der Waals surface area (Å²) in [6.45, 7) is 0. The number of halogens is 1. The highest BCUT2D eigenvalue weighted by atomic mass is 35.5. The van der Waals surface area contributed by atoms with Crippen molar-refractivity contribution in [2.75, 3.05) is 11.5 Å². The summed E-state index contributed by atoms with van der Waals surface area (Å²) >= 11 is 1.73. The average Bonchev–Trinajstić information content (AvgIpc) is 2.66. The summed E-state index contributed by atoms with van der Waals surface area (Å²) in [4.78, 5) is 11.7. The van der Waals surface area contributed by atoms with Crippen LogP contribution in [0.25, 0.3) is 0 Å². The highest BCUT2D eigenvalue weighted by Crippen LogP contribution is 2.20. The number of carbonyl (C=O) groups excluding carboxylic acids is 1. The van der Waals surface area contributed by atoms with Gasteiger partial charge in [-0.1, -0.05) is 18.2 Å². The van der Waals surface area contributed by atoms with Crippen LogP contribution < -0.4 is 5.73 Å². The van der Waals surface area contributed by atoms with E-state index < -0.39 is 0 Å². The van der Waals surface area contributed by atoms with Crippen molar-refractivity contribution in [3.63, 3.8) is 0 Å². The summed E-state index contributed by atoms with van der Waals surface area (Å²) in [5, 5.41) is 0. The number of hydrogen-bond donors (Lipinski definition) is 1. The van der Waals surface area contributed by atoms with Crippen molar-refractivity contribution >= 4 is 30.1 Å². The number of benzene rings is 1. The lowest BCUT2D eigenvalue weighted by molar-refractivity contribution is 0.0325. The summed E-state index contributed by atoms with van der Waals surface area (Å²) in [5.74, 6) is 1.39. The van der Waals surface area contributed by atoms with E-state index in [-0.39, 0.29) is 30.5 Å². The molecule has 1 aliphatic heterocycles. The lowest BCUT2D eigenvalue weighted by Crippen LogP contribution is -2.36. The normalized spacial score (nSPS) is 23.6. The topological polar surface area (TPSA) is 52.3 Å². The quantitative estimate of drug-likeness (QED) is 0.822. The molecule has 0 amide bonds. The molecule has 0 radical (unpaired) electrons. The predicted molar refractivity (Wildman–Crippen MR) is 68.2 cm³/mol. The van der Waals surface area contributed by atoms with Crippen molar-refractivity contribution < 1.29 is 9.53 Å². The minimum absolute atomic E-state index is 0. The molecule has 5 heteroatoms. The van der Waals surface area contributed by atoms with Crippen LogP contribution >= 0.6 is 24.2 Å². The van der Waals surface area contributed by atoms with Gasteiger partial charge in [-0.15, -0.1) is 12.4 Å². The SMILES string of the molecule is Cl.N[C@@H]1CSC[C@@H]1OC(=O)c1ccccc1. The number of rotatable bonds is 2. The Balaban J connectivity index is 0.00000128. The first-order chi connectivity index (χ1) is 7.27. The second kappa shape index (κ2) is 6.13. The number of carbonyl (C=O) groups is 1.